The van der Waals surface area contributed by atoms with Crippen molar-refractivity contribution in [2.75, 3.05) is 12.4 Å². The molecule has 0 aromatic heterocycles. The van der Waals surface area contributed by atoms with Crippen LogP contribution < -0.4 is 10.1 Å². The van der Waals surface area contributed by atoms with Gasteiger partial charge in [0.2, 0.25) is 0 Å². The monoisotopic (exact) mass is 286 g/mol. The topological polar surface area (TPSA) is 81.5 Å². The number of rotatable bonds is 4. The second kappa shape index (κ2) is 6.04. The average molecular weight is 286 g/mol. The van der Waals surface area contributed by atoms with E-state index in [0.717, 1.165) is 5.56 Å². The summed E-state index contributed by atoms with van der Waals surface area (Å²) in [6.45, 7) is 1.91. The van der Waals surface area contributed by atoms with Crippen LogP contribution in [0.4, 0.5) is 11.4 Å². The van der Waals surface area contributed by atoms with Crippen LogP contribution in [0.3, 0.4) is 0 Å². The quantitative estimate of drug-likeness (QED) is 0.691. The summed E-state index contributed by atoms with van der Waals surface area (Å²) in [6, 6.07) is 11.4. The van der Waals surface area contributed by atoms with Gasteiger partial charge in [0.25, 0.3) is 5.91 Å². The third-order valence-electron chi connectivity index (χ3n) is 2.91. The summed E-state index contributed by atoms with van der Waals surface area (Å²) in [5.74, 6) is -0.293. The van der Waals surface area contributed by atoms with Crippen molar-refractivity contribution in [1.82, 2.24) is 0 Å². The number of carbonyl (C=O) groups is 1. The molecule has 0 unspecified atom stereocenters. The van der Waals surface area contributed by atoms with Gasteiger partial charge in [-0.15, -0.1) is 0 Å². The molecule has 2 aromatic carbocycles. The molecule has 0 spiro atoms. The Bertz CT molecular complexity index is 698. The van der Waals surface area contributed by atoms with Crippen LogP contribution in [0.25, 0.3) is 0 Å². The van der Waals surface area contributed by atoms with Gasteiger partial charge in [-0.05, 0) is 36.8 Å². The van der Waals surface area contributed by atoms with Crippen molar-refractivity contribution < 1.29 is 14.5 Å². The van der Waals surface area contributed by atoms with Gasteiger partial charge in [0, 0.05) is 17.3 Å². The van der Waals surface area contributed by atoms with Gasteiger partial charge in [0.05, 0.1) is 12.0 Å². The number of hydrogen-bond donors (Lipinski definition) is 1. The third kappa shape index (κ3) is 3.36. The molecule has 21 heavy (non-hydrogen) atoms. The van der Waals surface area contributed by atoms with Gasteiger partial charge in [-0.25, -0.2) is 0 Å². The minimum Gasteiger partial charge on any atom is -0.490 e. The molecule has 0 aliphatic carbocycles. The van der Waals surface area contributed by atoms with E-state index >= 15 is 0 Å². The molecular weight excluding hydrogens is 272 g/mol. The Morgan fingerprint density at radius 2 is 2.00 bits per heavy atom. The molecule has 108 valence electrons. The van der Waals surface area contributed by atoms with E-state index in [0.29, 0.717) is 5.69 Å². The van der Waals surface area contributed by atoms with Crippen molar-refractivity contribution in [3.05, 3.63) is 63.7 Å². The normalized spacial score (nSPS) is 10.0. The number of aryl methyl sites for hydroxylation is 1. The fourth-order valence-corrected chi connectivity index (χ4v) is 1.90. The third-order valence-corrected chi connectivity index (χ3v) is 2.91. The zero-order valence-corrected chi connectivity index (χ0v) is 11.6. The zero-order valence-electron chi connectivity index (χ0n) is 11.6. The predicted molar refractivity (Wildman–Crippen MR) is 78.8 cm³/mol. The molecule has 6 heteroatoms. The SMILES string of the molecule is COc1ccc(C(=O)Nc2cccc(C)c2)cc1[N+](=O)[O-]. The first-order valence-corrected chi connectivity index (χ1v) is 6.21. The summed E-state index contributed by atoms with van der Waals surface area (Å²) < 4.78 is 4.90. The zero-order chi connectivity index (χ0) is 15.4. The van der Waals surface area contributed by atoms with E-state index in [1.807, 2.05) is 25.1 Å². The number of methoxy groups -OCH3 is 1. The second-order valence-electron chi connectivity index (χ2n) is 4.47. The molecule has 0 saturated heterocycles. The van der Waals surface area contributed by atoms with E-state index in [9.17, 15) is 14.9 Å². The molecule has 1 amide bonds. The maximum absolute atomic E-state index is 12.1. The van der Waals surface area contributed by atoms with Crippen molar-refractivity contribution in [2.45, 2.75) is 6.92 Å². The smallest absolute Gasteiger partial charge is 0.311 e. The molecule has 0 aliphatic heterocycles. The molecule has 0 fully saturated rings. The first-order valence-electron chi connectivity index (χ1n) is 6.21. The number of nitro benzene ring substituents is 1. The van der Waals surface area contributed by atoms with Crippen molar-refractivity contribution in [3.63, 3.8) is 0 Å². The van der Waals surface area contributed by atoms with Gasteiger partial charge in [-0.3, -0.25) is 14.9 Å². The lowest BCUT2D eigenvalue weighted by molar-refractivity contribution is -0.385. The fraction of sp³-hybridized carbons (Fsp3) is 0.133. The lowest BCUT2D eigenvalue weighted by Gasteiger charge is -2.07. The van der Waals surface area contributed by atoms with Gasteiger partial charge >= 0.3 is 5.69 Å². The summed E-state index contributed by atoms with van der Waals surface area (Å²) in [6.07, 6.45) is 0. The summed E-state index contributed by atoms with van der Waals surface area (Å²) in [4.78, 5) is 22.5. The highest BCUT2D eigenvalue weighted by atomic mass is 16.6. The van der Waals surface area contributed by atoms with Gasteiger partial charge in [0.1, 0.15) is 0 Å². The van der Waals surface area contributed by atoms with E-state index < -0.39 is 10.8 Å². The van der Waals surface area contributed by atoms with Crippen LogP contribution >= 0.6 is 0 Å². The van der Waals surface area contributed by atoms with Crippen molar-refractivity contribution >= 4 is 17.3 Å². The molecule has 0 saturated carbocycles. The van der Waals surface area contributed by atoms with E-state index in [4.69, 9.17) is 4.74 Å². The van der Waals surface area contributed by atoms with Gasteiger partial charge < -0.3 is 10.1 Å². The Morgan fingerprint density at radius 3 is 2.62 bits per heavy atom. The van der Waals surface area contributed by atoms with Crippen LogP contribution in [0, 0.1) is 17.0 Å². The van der Waals surface area contributed by atoms with Crippen LogP contribution in [-0.2, 0) is 0 Å². The molecular formula is C15H14N2O4. The highest BCUT2D eigenvalue weighted by molar-refractivity contribution is 6.04. The Labute approximate surface area is 121 Å². The van der Waals surface area contributed by atoms with Gasteiger partial charge in [0.15, 0.2) is 5.75 Å². The first-order chi connectivity index (χ1) is 10.0. The second-order valence-corrected chi connectivity index (χ2v) is 4.47. The highest BCUT2D eigenvalue weighted by Gasteiger charge is 2.18. The molecule has 2 rings (SSSR count). The molecule has 0 heterocycles. The number of hydrogen-bond acceptors (Lipinski definition) is 4. The van der Waals surface area contributed by atoms with E-state index in [1.165, 1.54) is 25.3 Å². The lowest BCUT2D eigenvalue weighted by atomic mass is 10.1. The Kier molecular flexibility index (Phi) is 4.18. The average Bonchev–Trinajstić information content (AvgIpc) is 2.46. The fourth-order valence-electron chi connectivity index (χ4n) is 1.90. The molecule has 2 aromatic rings. The minimum absolute atomic E-state index is 0.118. The first kappa shape index (κ1) is 14.5. The largest absolute Gasteiger partial charge is 0.490 e. The number of anilines is 1. The maximum atomic E-state index is 12.1. The number of ether oxygens (including phenoxy) is 1. The van der Waals surface area contributed by atoms with Crippen LogP contribution in [0.2, 0.25) is 0 Å². The Balaban J connectivity index is 2.27. The summed E-state index contributed by atoms with van der Waals surface area (Å²) in [5.41, 5.74) is 1.60. The number of nitro groups is 1. The van der Waals surface area contributed by atoms with Crippen LogP contribution in [-0.4, -0.2) is 17.9 Å². The van der Waals surface area contributed by atoms with E-state index in [1.54, 1.807) is 6.07 Å². The predicted octanol–water partition coefficient (Wildman–Crippen LogP) is 3.16. The van der Waals surface area contributed by atoms with Crippen molar-refractivity contribution in [3.8, 4) is 5.75 Å². The standard InChI is InChI=1S/C15H14N2O4/c1-10-4-3-5-12(8-10)16-15(18)11-6-7-14(21-2)13(9-11)17(19)20/h3-9H,1-2H3,(H,16,18). The molecule has 0 bridgehead atoms. The molecule has 0 aliphatic rings. The molecule has 0 atom stereocenters. The highest BCUT2D eigenvalue weighted by Crippen LogP contribution is 2.27. The Hall–Kier alpha value is -2.89. The van der Waals surface area contributed by atoms with Crippen molar-refractivity contribution in [1.29, 1.82) is 0 Å². The summed E-state index contributed by atoms with van der Waals surface area (Å²) >= 11 is 0. The number of carbonyl (C=O) groups excluding carboxylic acids is 1. The number of nitrogens with zero attached hydrogens (tertiary/aromatic N) is 1. The Morgan fingerprint density at radius 1 is 1.24 bits per heavy atom. The summed E-state index contributed by atoms with van der Waals surface area (Å²) in [5, 5.41) is 13.7. The van der Waals surface area contributed by atoms with Crippen LogP contribution in [0.15, 0.2) is 42.5 Å². The minimum atomic E-state index is -0.581. The van der Waals surface area contributed by atoms with Crippen LogP contribution in [0.5, 0.6) is 5.75 Å². The van der Waals surface area contributed by atoms with Crippen molar-refractivity contribution in [2.24, 2.45) is 0 Å². The van der Waals surface area contributed by atoms with E-state index in [-0.39, 0.29) is 17.0 Å². The molecule has 0 radical (unpaired) electrons. The molecule has 1 N–H and O–H groups in total. The van der Waals surface area contributed by atoms with Crippen LogP contribution in [0.1, 0.15) is 15.9 Å². The van der Waals surface area contributed by atoms with Gasteiger partial charge in [-0.2, -0.15) is 0 Å². The number of nitrogens with one attached hydrogen (secondary N) is 1. The number of benzene rings is 2. The lowest BCUT2D eigenvalue weighted by Crippen LogP contribution is -2.12. The van der Waals surface area contributed by atoms with E-state index in [2.05, 4.69) is 5.32 Å². The number of amides is 1. The summed E-state index contributed by atoms with van der Waals surface area (Å²) in [7, 11) is 1.34. The maximum Gasteiger partial charge on any atom is 0.311 e. The van der Waals surface area contributed by atoms with Gasteiger partial charge in [-0.1, -0.05) is 12.1 Å². The molecule has 6 nitrogen and oxygen atoms in total.